The Morgan fingerprint density at radius 1 is 1.29 bits per heavy atom. The van der Waals surface area contributed by atoms with Gasteiger partial charge in [0.05, 0.1) is 18.8 Å². The lowest BCUT2D eigenvalue weighted by Gasteiger charge is -2.39. The maximum atomic E-state index is 12.7. The van der Waals surface area contributed by atoms with Crippen molar-refractivity contribution in [3.05, 3.63) is 36.7 Å². The fourth-order valence-corrected chi connectivity index (χ4v) is 4.15. The Balaban J connectivity index is 0.000000339. The van der Waals surface area contributed by atoms with Gasteiger partial charge in [-0.1, -0.05) is 12.2 Å². The number of aromatic nitrogens is 1. The van der Waals surface area contributed by atoms with Gasteiger partial charge < -0.3 is 19.5 Å². The second-order valence-corrected chi connectivity index (χ2v) is 7.68. The molecule has 1 aliphatic heterocycles. The summed E-state index contributed by atoms with van der Waals surface area (Å²) >= 11 is 0. The second-order valence-electron chi connectivity index (χ2n) is 7.68. The molecule has 2 aliphatic carbocycles. The van der Waals surface area contributed by atoms with E-state index in [0.717, 1.165) is 31.4 Å². The van der Waals surface area contributed by atoms with Gasteiger partial charge in [-0.3, -0.25) is 9.78 Å². The zero-order chi connectivity index (χ0) is 22.4. The number of nitrogens with zero attached hydrogens (tertiary/aromatic N) is 2. The van der Waals surface area contributed by atoms with Crippen molar-refractivity contribution in [1.29, 1.82) is 0 Å². The average Bonchev–Trinajstić information content (AvgIpc) is 3.38. The van der Waals surface area contributed by atoms with E-state index >= 15 is 0 Å². The minimum atomic E-state index is -5.08. The lowest BCUT2D eigenvalue weighted by Crippen LogP contribution is -2.54. The molecule has 1 saturated carbocycles. The maximum absolute atomic E-state index is 12.7. The highest BCUT2D eigenvalue weighted by Crippen LogP contribution is 2.34. The predicted octanol–water partition coefficient (Wildman–Crippen LogP) is 3.21. The number of hydrogen-bond acceptors (Lipinski definition) is 5. The van der Waals surface area contributed by atoms with Gasteiger partial charge in [0, 0.05) is 19.2 Å². The van der Waals surface area contributed by atoms with Crippen LogP contribution in [-0.4, -0.2) is 64.4 Å². The van der Waals surface area contributed by atoms with Gasteiger partial charge in [-0.15, -0.1) is 0 Å². The summed E-state index contributed by atoms with van der Waals surface area (Å²) in [6, 6.07) is 3.94. The van der Waals surface area contributed by atoms with E-state index in [2.05, 4.69) is 17.1 Å². The van der Waals surface area contributed by atoms with Crippen LogP contribution in [-0.2, 0) is 14.3 Å². The summed E-state index contributed by atoms with van der Waals surface area (Å²) in [6.07, 6.45) is 7.44. The number of carboxylic acid groups (broad SMARTS) is 1. The van der Waals surface area contributed by atoms with Crippen LogP contribution >= 0.6 is 0 Å². The lowest BCUT2D eigenvalue weighted by molar-refractivity contribution is -0.192. The molecule has 170 valence electrons. The average molecular weight is 442 g/mol. The van der Waals surface area contributed by atoms with Crippen molar-refractivity contribution < 1.29 is 37.3 Å². The number of pyridine rings is 1. The van der Waals surface area contributed by atoms with Crippen molar-refractivity contribution in [3.8, 4) is 5.75 Å². The van der Waals surface area contributed by atoms with Gasteiger partial charge >= 0.3 is 12.1 Å². The lowest BCUT2D eigenvalue weighted by atomic mass is 10.0. The first-order valence-electron chi connectivity index (χ1n) is 10.2. The molecule has 10 heteroatoms. The summed E-state index contributed by atoms with van der Waals surface area (Å²) < 4.78 is 43.8. The quantitative estimate of drug-likeness (QED) is 0.721. The molecule has 4 atom stereocenters. The number of alkyl halides is 3. The smallest absolute Gasteiger partial charge is 0.486 e. The largest absolute Gasteiger partial charge is 0.490 e. The van der Waals surface area contributed by atoms with Crippen molar-refractivity contribution in [2.45, 2.75) is 56.5 Å². The number of allylic oxidation sites excluding steroid dienone is 2. The number of fused-ring (bicyclic) bond motifs is 1. The molecule has 1 N–H and O–H groups in total. The number of carbonyl (C=O) groups excluding carboxylic acids is 1. The monoisotopic (exact) mass is 442 g/mol. The molecule has 0 bridgehead atoms. The molecule has 31 heavy (non-hydrogen) atoms. The standard InChI is InChI=1S/C19H24N2O3.C2HF3O2/c22-18(12-14-4-1-2-5-14)21-10-11-23-19-16(21)7-8-17(19)24-15-6-3-9-20-13-15;3-2(4,5)1(6)7/h1,3-4,6,9,13-14,16-17,19H,2,5,7-8,10-12H2;(H,6,7)/t14?,16-,17+,19+;/m0./s1. The first kappa shape index (κ1) is 23.1. The molecule has 1 aromatic heterocycles. The molecule has 0 radical (unpaired) electrons. The zero-order valence-corrected chi connectivity index (χ0v) is 16.8. The molecule has 7 nitrogen and oxygen atoms in total. The Hall–Kier alpha value is -2.62. The van der Waals surface area contributed by atoms with Gasteiger partial charge in [0.1, 0.15) is 18.0 Å². The van der Waals surface area contributed by atoms with Crippen LogP contribution in [0.5, 0.6) is 5.75 Å². The van der Waals surface area contributed by atoms with Crippen LogP contribution in [0.15, 0.2) is 36.7 Å². The molecule has 2 fully saturated rings. The van der Waals surface area contributed by atoms with E-state index in [0.29, 0.717) is 25.5 Å². The highest BCUT2D eigenvalue weighted by atomic mass is 19.4. The third kappa shape index (κ3) is 6.19. The van der Waals surface area contributed by atoms with Crippen molar-refractivity contribution in [2.75, 3.05) is 13.2 Å². The molecular weight excluding hydrogens is 417 g/mol. The molecule has 0 aromatic carbocycles. The Morgan fingerprint density at radius 3 is 2.68 bits per heavy atom. The first-order chi connectivity index (χ1) is 14.8. The van der Waals surface area contributed by atoms with Gasteiger partial charge in [-0.2, -0.15) is 13.2 Å². The summed E-state index contributed by atoms with van der Waals surface area (Å²) in [5, 5.41) is 7.12. The second kappa shape index (κ2) is 10.1. The Morgan fingerprint density at radius 2 is 2.06 bits per heavy atom. The maximum Gasteiger partial charge on any atom is 0.490 e. The number of ether oxygens (including phenoxy) is 2. The van der Waals surface area contributed by atoms with Crippen LogP contribution < -0.4 is 4.74 Å². The van der Waals surface area contributed by atoms with Crippen LogP contribution in [0, 0.1) is 5.92 Å². The number of rotatable bonds is 4. The van der Waals surface area contributed by atoms with Crippen molar-refractivity contribution in [2.24, 2.45) is 5.92 Å². The van der Waals surface area contributed by atoms with Gasteiger partial charge in [0.25, 0.3) is 0 Å². The third-order valence-corrected chi connectivity index (χ3v) is 5.57. The van der Waals surface area contributed by atoms with E-state index in [1.807, 2.05) is 17.0 Å². The predicted molar refractivity (Wildman–Crippen MR) is 103 cm³/mol. The van der Waals surface area contributed by atoms with Crippen LogP contribution in [0.4, 0.5) is 13.2 Å². The van der Waals surface area contributed by atoms with Crippen LogP contribution in [0.1, 0.15) is 32.1 Å². The molecule has 1 amide bonds. The molecule has 3 aliphatic rings. The fourth-order valence-electron chi connectivity index (χ4n) is 4.15. The summed E-state index contributed by atoms with van der Waals surface area (Å²) in [6.45, 7) is 1.30. The highest BCUT2D eigenvalue weighted by Gasteiger charge is 2.45. The third-order valence-electron chi connectivity index (χ3n) is 5.57. The van der Waals surface area contributed by atoms with Gasteiger partial charge in [0.15, 0.2) is 0 Å². The Kier molecular flexibility index (Phi) is 7.53. The minimum absolute atomic E-state index is 0.00109. The molecular formula is C21H25F3N2O5. The number of hydrogen-bond donors (Lipinski definition) is 1. The van der Waals surface area contributed by atoms with E-state index in [-0.39, 0.29) is 24.2 Å². The van der Waals surface area contributed by atoms with E-state index in [9.17, 15) is 18.0 Å². The number of aliphatic carboxylic acids is 1. The normalized spacial score (nSPS) is 27.3. The van der Waals surface area contributed by atoms with Gasteiger partial charge in [-0.25, -0.2) is 4.79 Å². The minimum Gasteiger partial charge on any atom is -0.486 e. The zero-order valence-electron chi connectivity index (χ0n) is 16.8. The number of carboxylic acids is 1. The number of carbonyl (C=O) groups is 2. The molecule has 4 rings (SSSR count). The summed E-state index contributed by atoms with van der Waals surface area (Å²) in [5.74, 6) is -1.30. The summed E-state index contributed by atoms with van der Waals surface area (Å²) in [5.41, 5.74) is 0. The highest BCUT2D eigenvalue weighted by molar-refractivity contribution is 5.77. The van der Waals surface area contributed by atoms with Crippen molar-refractivity contribution >= 4 is 11.9 Å². The van der Waals surface area contributed by atoms with Crippen LogP contribution in [0.3, 0.4) is 0 Å². The number of morpholine rings is 1. The number of amides is 1. The summed E-state index contributed by atoms with van der Waals surface area (Å²) in [4.78, 5) is 27.8. The van der Waals surface area contributed by atoms with E-state index < -0.39 is 12.1 Å². The topological polar surface area (TPSA) is 89.0 Å². The first-order valence-corrected chi connectivity index (χ1v) is 10.2. The van der Waals surface area contributed by atoms with E-state index in [4.69, 9.17) is 19.4 Å². The van der Waals surface area contributed by atoms with Crippen LogP contribution in [0.25, 0.3) is 0 Å². The number of halogens is 3. The summed E-state index contributed by atoms with van der Waals surface area (Å²) in [7, 11) is 0. The van der Waals surface area contributed by atoms with E-state index in [1.165, 1.54) is 0 Å². The molecule has 1 aromatic rings. The van der Waals surface area contributed by atoms with Gasteiger partial charge in [0.2, 0.25) is 5.91 Å². The van der Waals surface area contributed by atoms with Gasteiger partial charge in [-0.05, 0) is 43.7 Å². The van der Waals surface area contributed by atoms with Crippen molar-refractivity contribution in [1.82, 2.24) is 9.88 Å². The van der Waals surface area contributed by atoms with E-state index in [1.54, 1.807) is 12.4 Å². The molecule has 0 spiro atoms. The van der Waals surface area contributed by atoms with Crippen molar-refractivity contribution in [3.63, 3.8) is 0 Å². The SMILES string of the molecule is O=C(CC1C=CCC1)N1CCO[C@H]2[C@H](Oc3cccnc3)CC[C@@H]21.O=C(O)C(F)(F)F. The molecule has 2 heterocycles. The van der Waals surface area contributed by atoms with Crippen LogP contribution in [0.2, 0.25) is 0 Å². The molecule has 1 saturated heterocycles. The fraction of sp³-hybridized carbons (Fsp3) is 0.571. The molecule has 1 unspecified atom stereocenters. The Labute approximate surface area is 177 Å². The Bertz CT molecular complexity index is 787.